The number of nitrogens with one attached hydrogen (secondary N) is 2. The molecule has 0 spiro atoms. The Labute approximate surface area is 223 Å². The molecule has 2 amide bonds. The number of carbonyl (C=O) groups is 2. The Morgan fingerprint density at radius 2 is 1.92 bits per heavy atom. The number of halogens is 1. The zero-order chi connectivity index (χ0) is 27.3. The van der Waals surface area contributed by atoms with Crippen molar-refractivity contribution in [2.24, 2.45) is 0 Å². The van der Waals surface area contributed by atoms with Gasteiger partial charge in [0.15, 0.2) is 0 Å². The van der Waals surface area contributed by atoms with Crippen LogP contribution in [0.1, 0.15) is 88.1 Å². The van der Waals surface area contributed by atoms with Gasteiger partial charge in [-0.25, -0.2) is 9.37 Å². The van der Waals surface area contributed by atoms with Crippen molar-refractivity contribution in [2.45, 2.75) is 65.2 Å². The molecule has 4 rings (SSSR count). The van der Waals surface area contributed by atoms with Crippen LogP contribution >= 0.6 is 0 Å². The molecule has 1 unspecified atom stereocenters. The summed E-state index contributed by atoms with van der Waals surface area (Å²) in [4.78, 5) is 36.6. The van der Waals surface area contributed by atoms with Crippen LogP contribution in [0.25, 0.3) is 0 Å². The first kappa shape index (κ1) is 27.4. The Morgan fingerprint density at radius 3 is 2.66 bits per heavy atom. The number of nitrogens with zero attached hydrogens (tertiary/aromatic N) is 3. The third-order valence-electron chi connectivity index (χ3n) is 6.65. The summed E-state index contributed by atoms with van der Waals surface area (Å²) < 4.78 is 19.7. The highest BCUT2D eigenvalue weighted by Gasteiger charge is 2.34. The number of oxazole rings is 1. The quantitative estimate of drug-likeness (QED) is 0.373. The number of aryl methyl sites for hydroxylation is 2. The van der Waals surface area contributed by atoms with Crippen molar-refractivity contribution in [1.82, 2.24) is 25.5 Å². The molecule has 0 saturated carbocycles. The van der Waals surface area contributed by atoms with Gasteiger partial charge in [-0.1, -0.05) is 0 Å². The maximum Gasteiger partial charge on any atom is 0.254 e. The maximum absolute atomic E-state index is 14.1. The molecular weight excluding hydrogens is 485 g/mol. The van der Waals surface area contributed by atoms with Gasteiger partial charge in [0.1, 0.15) is 18.0 Å². The number of rotatable bonds is 10. The molecule has 38 heavy (non-hydrogen) atoms. The summed E-state index contributed by atoms with van der Waals surface area (Å²) >= 11 is 0. The van der Waals surface area contributed by atoms with Gasteiger partial charge in [0.25, 0.3) is 11.8 Å². The Hall–Kier alpha value is -3.59. The maximum atomic E-state index is 14.1. The van der Waals surface area contributed by atoms with Crippen LogP contribution < -0.4 is 10.6 Å². The molecule has 3 heterocycles. The summed E-state index contributed by atoms with van der Waals surface area (Å²) in [6, 6.07) is 6.88. The van der Waals surface area contributed by atoms with Crippen LogP contribution in [-0.2, 0) is 12.2 Å². The lowest BCUT2D eigenvalue weighted by Gasteiger charge is -2.23. The van der Waals surface area contributed by atoms with Crippen molar-refractivity contribution in [3.05, 3.63) is 82.3 Å². The van der Waals surface area contributed by atoms with Crippen LogP contribution in [0.5, 0.6) is 0 Å². The van der Waals surface area contributed by atoms with E-state index < -0.39 is 5.67 Å². The van der Waals surface area contributed by atoms with Gasteiger partial charge in [-0.05, 0) is 88.9 Å². The van der Waals surface area contributed by atoms with Crippen LogP contribution in [-0.4, -0.2) is 46.3 Å². The lowest BCUT2D eigenvalue weighted by molar-refractivity contribution is 0.0715. The van der Waals surface area contributed by atoms with Crippen molar-refractivity contribution < 1.29 is 18.4 Å². The summed E-state index contributed by atoms with van der Waals surface area (Å²) in [5, 5.41) is 6.24. The normalized spacial score (nSPS) is 15.6. The fourth-order valence-electron chi connectivity index (χ4n) is 4.65. The molecule has 1 aliphatic heterocycles. The minimum Gasteiger partial charge on any atom is -0.446 e. The summed E-state index contributed by atoms with van der Waals surface area (Å²) in [7, 11) is 0. The zero-order valence-electron chi connectivity index (χ0n) is 22.5. The Balaban J connectivity index is 1.28. The third kappa shape index (κ3) is 6.83. The third-order valence-corrected chi connectivity index (χ3v) is 6.65. The molecule has 0 bridgehead atoms. The SMILES string of the molecule is Cc1cc(C(=O)NCCCNCc2cncc(C(C)(C)F)c2)cc(C(=O)N2CCCC2c2nc(C)co2)c1. The summed E-state index contributed by atoms with van der Waals surface area (Å²) in [6.45, 7) is 9.12. The number of amides is 2. The molecule has 1 aliphatic rings. The van der Waals surface area contributed by atoms with E-state index in [1.807, 2.05) is 26.0 Å². The molecule has 1 fully saturated rings. The largest absolute Gasteiger partial charge is 0.446 e. The predicted molar refractivity (Wildman–Crippen MR) is 142 cm³/mol. The minimum atomic E-state index is -1.43. The minimum absolute atomic E-state index is 0.125. The number of carbonyl (C=O) groups excluding carboxylic acids is 2. The predicted octanol–water partition coefficient (Wildman–Crippen LogP) is 4.78. The highest BCUT2D eigenvalue weighted by atomic mass is 19.1. The van der Waals surface area contributed by atoms with Crippen molar-refractivity contribution >= 4 is 11.8 Å². The number of benzene rings is 1. The molecule has 0 aliphatic carbocycles. The molecule has 3 aromatic rings. The summed E-state index contributed by atoms with van der Waals surface area (Å²) in [6.07, 6.45) is 7.26. The van der Waals surface area contributed by atoms with Crippen LogP contribution in [0.3, 0.4) is 0 Å². The Bertz CT molecular complexity index is 1280. The second-order valence-corrected chi connectivity index (χ2v) is 10.4. The van der Waals surface area contributed by atoms with E-state index >= 15 is 0 Å². The second-order valence-electron chi connectivity index (χ2n) is 10.4. The topological polar surface area (TPSA) is 100 Å². The van der Waals surface area contributed by atoms with Gasteiger partial charge in [-0.3, -0.25) is 14.6 Å². The van der Waals surface area contributed by atoms with E-state index in [4.69, 9.17) is 4.42 Å². The molecule has 2 aromatic heterocycles. The van der Waals surface area contributed by atoms with E-state index in [0.29, 0.717) is 48.8 Å². The van der Waals surface area contributed by atoms with Gasteiger partial charge in [0.05, 0.1) is 5.69 Å². The van der Waals surface area contributed by atoms with E-state index in [1.165, 1.54) is 13.8 Å². The lowest BCUT2D eigenvalue weighted by atomic mass is 10.0. The molecule has 1 atom stereocenters. The van der Waals surface area contributed by atoms with E-state index in [2.05, 4.69) is 20.6 Å². The standard InChI is InChI=1S/C29H36FN5O3/c1-19-11-22(14-23(12-19)28(37)35-10-5-7-25(35)27-34-20(2)18-38-27)26(36)33-9-6-8-31-15-21-13-24(17-32-16-21)29(3,4)30/h11-14,16-18,25,31H,5-10,15H2,1-4H3,(H,33,36). The number of hydrogen-bond acceptors (Lipinski definition) is 6. The van der Waals surface area contributed by atoms with E-state index in [-0.39, 0.29) is 17.9 Å². The first-order valence-corrected chi connectivity index (χ1v) is 13.1. The first-order chi connectivity index (χ1) is 18.1. The van der Waals surface area contributed by atoms with Gasteiger partial charge >= 0.3 is 0 Å². The number of likely N-dealkylation sites (tertiary alicyclic amines) is 1. The van der Waals surface area contributed by atoms with Crippen LogP contribution in [0.4, 0.5) is 4.39 Å². The van der Waals surface area contributed by atoms with Gasteiger partial charge in [-0.2, -0.15) is 0 Å². The van der Waals surface area contributed by atoms with Crippen molar-refractivity contribution in [2.75, 3.05) is 19.6 Å². The molecule has 1 saturated heterocycles. The Kier molecular flexibility index (Phi) is 8.56. The van der Waals surface area contributed by atoms with Gasteiger partial charge in [0.2, 0.25) is 5.89 Å². The monoisotopic (exact) mass is 521 g/mol. The van der Waals surface area contributed by atoms with E-state index in [0.717, 1.165) is 36.1 Å². The second kappa shape index (κ2) is 11.9. The van der Waals surface area contributed by atoms with Crippen molar-refractivity contribution in [3.8, 4) is 0 Å². The highest BCUT2D eigenvalue weighted by Crippen LogP contribution is 2.33. The average molecular weight is 522 g/mol. The van der Waals surface area contributed by atoms with Crippen molar-refractivity contribution in [3.63, 3.8) is 0 Å². The van der Waals surface area contributed by atoms with E-state index in [1.54, 1.807) is 35.7 Å². The smallest absolute Gasteiger partial charge is 0.254 e. The number of pyridine rings is 1. The molecule has 1 aromatic carbocycles. The molecule has 2 N–H and O–H groups in total. The Morgan fingerprint density at radius 1 is 1.13 bits per heavy atom. The number of alkyl halides is 1. The number of hydrogen-bond donors (Lipinski definition) is 2. The van der Waals surface area contributed by atoms with Crippen LogP contribution in [0, 0.1) is 13.8 Å². The molecule has 9 heteroatoms. The van der Waals surface area contributed by atoms with Gasteiger partial charge < -0.3 is 20.0 Å². The van der Waals surface area contributed by atoms with Gasteiger partial charge in [0, 0.05) is 48.7 Å². The fraction of sp³-hybridized carbons (Fsp3) is 0.448. The molecule has 202 valence electrons. The molecule has 8 nitrogen and oxygen atoms in total. The molecule has 0 radical (unpaired) electrons. The molecular formula is C29H36FN5O3. The van der Waals surface area contributed by atoms with Crippen LogP contribution in [0.15, 0.2) is 47.3 Å². The average Bonchev–Trinajstić information content (AvgIpc) is 3.54. The van der Waals surface area contributed by atoms with Gasteiger partial charge in [-0.15, -0.1) is 0 Å². The number of aromatic nitrogens is 2. The van der Waals surface area contributed by atoms with Crippen molar-refractivity contribution in [1.29, 1.82) is 0 Å². The van der Waals surface area contributed by atoms with E-state index in [9.17, 15) is 14.0 Å². The van der Waals surface area contributed by atoms with Crippen LogP contribution in [0.2, 0.25) is 0 Å². The highest BCUT2D eigenvalue weighted by molar-refractivity contribution is 6.00. The lowest BCUT2D eigenvalue weighted by Crippen LogP contribution is -2.31. The summed E-state index contributed by atoms with van der Waals surface area (Å²) in [5.41, 5.74) is 2.61. The fourth-order valence-corrected chi connectivity index (χ4v) is 4.65. The first-order valence-electron chi connectivity index (χ1n) is 13.1. The zero-order valence-corrected chi connectivity index (χ0v) is 22.5. The summed E-state index contributed by atoms with van der Waals surface area (Å²) in [5.74, 6) is 0.217.